The number of hydrazone groups is 1. The summed E-state index contributed by atoms with van der Waals surface area (Å²) in [7, 11) is 0. The van der Waals surface area contributed by atoms with E-state index in [9.17, 15) is 4.79 Å². The van der Waals surface area contributed by atoms with Gasteiger partial charge in [-0.3, -0.25) is 4.79 Å². The molecule has 3 aromatic rings. The van der Waals surface area contributed by atoms with Crippen molar-refractivity contribution < 1.29 is 9.53 Å². The number of hydrogen-bond donors (Lipinski definition) is 1. The summed E-state index contributed by atoms with van der Waals surface area (Å²) in [4.78, 5) is 12.0. The number of nitrogens with zero attached hydrogens (tertiary/aromatic N) is 1. The molecule has 0 fully saturated rings. The van der Waals surface area contributed by atoms with E-state index in [0.29, 0.717) is 17.4 Å². The summed E-state index contributed by atoms with van der Waals surface area (Å²) in [6, 6.07) is 22.6. The van der Waals surface area contributed by atoms with Gasteiger partial charge in [-0.15, -0.1) is 0 Å². The van der Waals surface area contributed by atoms with Crippen LogP contribution in [0.4, 0.5) is 0 Å². The number of carbonyl (C=O) groups excluding carboxylic acids is 1. The highest BCUT2D eigenvalue weighted by atomic mass is 79.9. The van der Waals surface area contributed by atoms with Gasteiger partial charge >= 0.3 is 0 Å². The van der Waals surface area contributed by atoms with Gasteiger partial charge in [0.05, 0.1) is 12.6 Å². The average molecular weight is 458 g/mol. The molecule has 0 saturated heterocycles. The minimum Gasteiger partial charge on any atom is -0.488 e. The van der Waals surface area contributed by atoms with Crippen LogP contribution in [0.15, 0.2) is 82.4 Å². The summed E-state index contributed by atoms with van der Waals surface area (Å²) >= 11 is 9.38. The molecular weight excluding hydrogens is 440 g/mol. The molecule has 0 saturated carbocycles. The number of benzene rings is 3. The van der Waals surface area contributed by atoms with Crippen molar-refractivity contribution in [1.82, 2.24) is 5.43 Å². The van der Waals surface area contributed by atoms with E-state index in [1.807, 2.05) is 72.8 Å². The van der Waals surface area contributed by atoms with Crippen LogP contribution < -0.4 is 10.2 Å². The van der Waals surface area contributed by atoms with Crippen molar-refractivity contribution in [1.29, 1.82) is 0 Å². The Bertz CT molecular complexity index is 974. The Morgan fingerprint density at radius 2 is 1.82 bits per heavy atom. The number of hydrogen-bond acceptors (Lipinski definition) is 3. The molecule has 28 heavy (non-hydrogen) atoms. The predicted octanol–water partition coefficient (Wildman–Crippen LogP) is 5.37. The van der Waals surface area contributed by atoms with Crippen LogP contribution in [0.2, 0.25) is 5.02 Å². The largest absolute Gasteiger partial charge is 0.488 e. The molecule has 0 aliphatic carbocycles. The third-order valence-corrected chi connectivity index (χ3v) is 4.64. The van der Waals surface area contributed by atoms with E-state index >= 15 is 0 Å². The fraction of sp³-hybridized carbons (Fsp3) is 0.0909. The van der Waals surface area contributed by atoms with Gasteiger partial charge in [0.25, 0.3) is 0 Å². The molecule has 3 aromatic carbocycles. The molecule has 0 atom stereocenters. The molecule has 1 amide bonds. The lowest BCUT2D eigenvalue weighted by atomic mass is 10.1. The van der Waals surface area contributed by atoms with Crippen molar-refractivity contribution >= 4 is 39.7 Å². The fourth-order valence-corrected chi connectivity index (χ4v) is 2.98. The summed E-state index contributed by atoms with van der Waals surface area (Å²) in [5.74, 6) is 0.490. The minimum absolute atomic E-state index is 0.184. The molecule has 0 radical (unpaired) electrons. The lowest BCUT2D eigenvalue weighted by Crippen LogP contribution is -2.19. The number of halogens is 2. The van der Waals surface area contributed by atoms with Crippen LogP contribution in [0.3, 0.4) is 0 Å². The van der Waals surface area contributed by atoms with Crippen LogP contribution >= 0.6 is 27.5 Å². The van der Waals surface area contributed by atoms with E-state index in [0.717, 1.165) is 21.2 Å². The maximum Gasteiger partial charge on any atom is 0.244 e. The van der Waals surface area contributed by atoms with Gasteiger partial charge in [0, 0.05) is 15.1 Å². The standard InChI is InChI=1S/C22H18BrClN2O2/c23-19-10-8-16(9-11-19)13-22(27)26-25-14-18-5-1-2-7-21(18)28-15-17-4-3-6-20(24)12-17/h1-12,14H,13,15H2,(H,26,27)/b25-14+. The van der Waals surface area contributed by atoms with Gasteiger partial charge in [0.1, 0.15) is 12.4 Å². The van der Waals surface area contributed by atoms with E-state index < -0.39 is 0 Å². The average Bonchev–Trinajstić information content (AvgIpc) is 2.69. The summed E-state index contributed by atoms with van der Waals surface area (Å²) in [6.07, 6.45) is 1.84. The highest BCUT2D eigenvalue weighted by Gasteiger charge is 2.04. The molecule has 4 nitrogen and oxygen atoms in total. The molecule has 0 aliphatic rings. The van der Waals surface area contributed by atoms with Crippen LogP contribution in [0.1, 0.15) is 16.7 Å². The Morgan fingerprint density at radius 1 is 1.04 bits per heavy atom. The maximum absolute atomic E-state index is 12.0. The number of carbonyl (C=O) groups is 1. The van der Waals surface area contributed by atoms with Crippen LogP contribution in [0.5, 0.6) is 5.75 Å². The van der Waals surface area contributed by atoms with Crippen molar-refractivity contribution in [3.05, 3.63) is 99.0 Å². The molecule has 0 aromatic heterocycles. The second-order valence-corrected chi connectivity index (χ2v) is 7.40. The normalized spacial score (nSPS) is 10.8. The van der Waals surface area contributed by atoms with Gasteiger partial charge in [0.15, 0.2) is 0 Å². The van der Waals surface area contributed by atoms with Gasteiger partial charge in [-0.2, -0.15) is 5.10 Å². The first-order valence-electron chi connectivity index (χ1n) is 8.63. The second-order valence-electron chi connectivity index (χ2n) is 6.05. The van der Waals surface area contributed by atoms with Crippen LogP contribution in [0.25, 0.3) is 0 Å². The number of para-hydroxylation sites is 1. The van der Waals surface area contributed by atoms with E-state index in [1.165, 1.54) is 0 Å². The van der Waals surface area contributed by atoms with E-state index in [-0.39, 0.29) is 12.3 Å². The zero-order chi connectivity index (χ0) is 19.8. The smallest absolute Gasteiger partial charge is 0.244 e. The zero-order valence-electron chi connectivity index (χ0n) is 14.9. The molecule has 142 valence electrons. The van der Waals surface area contributed by atoms with E-state index in [2.05, 4.69) is 26.5 Å². The number of nitrogens with one attached hydrogen (secondary N) is 1. The molecule has 0 bridgehead atoms. The van der Waals surface area contributed by atoms with Crippen molar-refractivity contribution in [3.8, 4) is 5.75 Å². The Kier molecular flexibility index (Phi) is 7.23. The Labute approximate surface area is 177 Å². The first-order valence-corrected chi connectivity index (χ1v) is 9.80. The van der Waals surface area contributed by atoms with Crippen LogP contribution in [0, 0.1) is 0 Å². The fourth-order valence-electron chi connectivity index (χ4n) is 2.51. The summed E-state index contributed by atoms with van der Waals surface area (Å²) in [5, 5.41) is 4.72. The molecule has 3 rings (SSSR count). The minimum atomic E-state index is -0.184. The van der Waals surface area contributed by atoms with Gasteiger partial charge in [0.2, 0.25) is 5.91 Å². The van der Waals surface area contributed by atoms with Crippen molar-refractivity contribution in [2.24, 2.45) is 5.10 Å². The van der Waals surface area contributed by atoms with Crippen LogP contribution in [-0.4, -0.2) is 12.1 Å². The summed E-state index contributed by atoms with van der Waals surface area (Å²) in [5.41, 5.74) is 5.21. The zero-order valence-corrected chi connectivity index (χ0v) is 17.3. The Morgan fingerprint density at radius 3 is 2.61 bits per heavy atom. The third kappa shape index (κ3) is 6.22. The molecule has 0 aliphatic heterocycles. The lowest BCUT2D eigenvalue weighted by molar-refractivity contribution is -0.120. The van der Waals surface area contributed by atoms with Gasteiger partial charge in [-0.1, -0.05) is 63.9 Å². The predicted molar refractivity (Wildman–Crippen MR) is 116 cm³/mol. The van der Waals surface area contributed by atoms with Crippen molar-refractivity contribution in [2.75, 3.05) is 0 Å². The van der Waals surface area contributed by atoms with E-state index in [1.54, 1.807) is 6.21 Å². The number of amides is 1. The lowest BCUT2D eigenvalue weighted by Gasteiger charge is -2.09. The van der Waals surface area contributed by atoms with Gasteiger partial charge in [-0.25, -0.2) is 5.43 Å². The Hall–Kier alpha value is -2.63. The molecular formula is C22H18BrClN2O2. The van der Waals surface area contributed by atoms with Crippen molar-refractivity contribution in [2.45, 2.75) is 13.0 Å². The first kappa shape index (κ1) is 20.1. The highest BCUT2D eigenvalue weighted by Crippen LogP contribution is 2.19. The maximum atomic E-state index is 12.0. The summed E-state index contributed by atoms with van der Waals surface area (Å²) in [6.45, 7) is 0.390. The molecule has 0 spiro atoms. The SMILES string of the molecule is O=C(Cc1ccc(Br)cc1)N/N=C/c1ccccc1OCc1cccc(Cl)c1. The molecule has 0 heterocycles. The molecule has 1 N–H and O–H groups in total. The third-order valence-electron chi connectivity index (χ3n) is 3.87. The van der Waals surface area contributed by atoms with E-state index in [4.69, 9.17) is 16.3 Å². The van der Waals surface area contributed by atoms with Crippen molar-refractivity contribution in [3.63, 3.8) is 0 Å². The highest BCUT2D eigenvalue weighted by molar-refractivity contribution is 9.10. The molecule has 6 heteroatoms. The van der Waals surface area contributed by atoms with Crippen LogP contribution in [-0.2, 0) is 17.8 Å². The van der Waals surface area contributed by atoms with Gasteiger partial charge < -0.3 is 4.74 Å². The quantitative estimate of drug-likeness (QED) is 0.383. The second kappa shape index (κ2) is 10.1. The first-order chi connectivity index (χ1) is 13.6. The summed E-state index contributed by atoms with van der Waals surface area (Å²) < 4.78 is 6.85. The molecule has 0 unspecified atom stereocenters. The topological polar surface area (TPSA) is 50.7 Å². The van der Waals surface area contributed by atoms with Gasteiger partial charge in [-0.05, 0) is 47.5 Å². The monoisotopic (exact) mass is 456 g/mol. The Balaban J connectivity index is 1.57. The number of rotatable bonds is 7. The number of ether oxygens (including phenoxy) is 1.